The second-order valence-corrected chi connectivity index (χ2v) is 6.68. The van der Waals surface area contributed by atoms with Gasteiger partial charge in [0.25, 0.3) is 10.0 Å². The minimum atomic E-state index is -3.92. The van der Waals surface area contributed by atoms with Crippen LogP contribution in [0.3, 0.4) is 0 Å². The Hall–Kier alpha value is -2.74. The quantitative estimate of drug-likeness (QED) is 0.860. The summed E-state index contributed by atoms with van der Waals surface area (Å²) in [4.78, 5) is 22.7. The average molecular weight is 350 g/mol. The number of hydrogen-bond donors (Lipinski definition) is 2. The summed E-state index contributed by atoms with van der Waals surface area (Å²) in [5.74, 6) is -1.60. The molecule has 0 saturated heterocycles. The van der Waals surface area contributed by atoms with E-state index in [0.29, 0.717) is 5.69 Å². The molecule has 0 radical (unpaired) electrons. The van der Waals surface area contributed by atoms with Crippen molar-refractivity contribution in [3.8, 4) is 0 Å². The molecule has 0 saturated carbocycles. The lowest BCUT2D eigenvalue weighted by Crippen LogP contribution is -2.28. The minimum absolute atomic E-state index is 0.107. The van der Waals surface area contributed by atoms with Gasteiger partial charge in [-0.05, 0) is 35.9 Å². The maximum absolute atomic E-state index is 13.5. The van der Waals surface area contributed by atoms with Crippen LogP contribution < -0.4 is 10.0 Å². The largest absolute Gasteiger partial charge is 0.326 e. The first kappa shape index (κ1) is 17.6. The van der Waals surface area contributed by atoms with E-state index >= 15 is 0 Å². The number of rotatable bonds is 5. The van der Waals surface area contributed by atoms with Crippen LogP contribution in [-0.4, -0.2) is 20.2 Å². The maximum atomic E-state index is 13.5. The van der Waals surface area contributed by atoms with Crippen LogP contribution in [0.25, 0.3) is 0 Å². The van der Waals surface area contributed by atoms with Crippen molar-refractivity contribution in [2.75, 3.05) is 5.32 Å². The van der Waals surface area contributed by atoms with Crippen molar-refractivity contribution in [3.63, 3.8) is 0 Å². The monoisotopic (exact) mass is 350 g/mol. The van der Waals surface area contributed by atoms with Crippen LogP contribution in [0, 0.1) is 5.82 Å². The molecule has 2 N–H and O–H groups in total. The second kappa shape index (κ2) is 7.22. The SMILES string of the molecule is CC(=O)NS(=O)(=O)c1ccc(NC(=O)Cc2ccccc2F)cc1. The summed E-state index contributed by atoms with van der Waals surface area (Å²) in [6, 6.07) is 11.2. The molecular weight excluding hydrogens is 335 g/mol. The van der Waals surface area contributed by atoms with Gasteiger partial charge in [-0.15, -0.1) is 0 Å². The molecular formula is C16H15FN2O4S. The van der Waals surface area contributed by atoms with Gasteiger partial charge >= 0.3 is 0 Å². The van der Waals surface area contributed by atoms with E-state index in [1.54, 1.807) is 6.07 Å². The number of halogens is 1. The van der Waals surface area contributed by atoms with E-state index in [4.69, 9.17) is 0 Å². The first-order valence-electron chi connectivity index (χ1n) is 6.94. The zero-order chi connectivity index (χ0) is 17.7. The van der Waals surface area contributed by atoms with Gasteiger partial charge in [0.1, 0.15) is 5.82 Å². The molecule has 0 spiro atoms. The smallest absolute Gasteiger partial charge is 0.264 e. The van der Waals surface area contributed by atoms with Gasteiger partial charge in [-0.1, -0.05) is 18.2 Å². The summed E-state index contributed by atoms with van der Waals surface area (Å²) in [6.45, 7) is 1.09. The molecule has 0 unspecified atom stereocenters. The second-order valence-electron chi connectivity index (χ2n) is 5.00. The zero-order valence-electron chi connectivity index (χ0n) is 12.7. The summed E-state index contributed by atoms with van der Waals surface area (Å²) in [5.41, 5.74) is 0.623. The highest BCUT2D eigenvalue weighted by Crippen LogP contribution is 2.15. The van der Waals surface area contributed by atoms with E-state index in [1.165, 1.54) is 42.5 Å². The number of nitrogens with one attached hydrogen (secondary N) is 2. The van der Waals surface area contributed by atoms with Crippen LogP contribution in [0.2, 0.25) is 0 Å². The molecule has 0 bridgehead atoms. The molecule has 126 valence electrons. The average Bonchev–Trinajstić information content (AvgIpc) is 2.49. The third kappa shape index (κ3) is 4.63. The highest BCUT2D eigenvalue weighted by atomic mass is 32.2. The Balaban J connectivity index is 2.05. The van der Waals surface area contributed by atoms with Crippen molar-refractivity contribution in [1.29, 1.82) is 0 Å². The fourth-order valence-electron chi connectivity index (χ4n) is 1.99. The number of sulfonamides is 1. The molecule has 0 aliphatic carbocycles. The Labute approximate surface area is 138 Å². The van der Waals surface area contributed by atoms with Gasteiger partial charge in [0.15, 0.2) is 0 Å². The molecule has 24 heavy (non-hydrogen) atoms. The van der Waals surface area contributed by atoms with Crippen LogP contribution in [0.1, 0.15) is 12.5 Å². The maximum Gasteiger partial charge on any atom is 0.264 e. The number of hydrogen-bond acceptors (Lipinski definition) is 4. The molecule has 2 aromatic carbocycles. The van der Waals surface area contributed by atoms with Gasteiger partial charge in [-0.3, -0.25) is 9.59 Å². The summed E-state index contributed by atoms with van der Waals surface area (Å²) in [5, 5.41) is 2.55. The predicted octanol–water partition coefficient (Wildman–Crippen LogP) is 1.83. The van der Waals surface area contributed by atoms with E-state index in [9.17, 15) is 22.4 Å². The Morgan fingerprint density at radius 2 is 1.67 bits per heavy atom. The van der Waals surface area contributed by atoms with E-state index in [2.05, 4.69) is 5.32 Å². The van der Waals surface area contributed by atoms with Gasteiger partial charge < -0.3 is 5.32 Å². The Morgan fingerprint density at radius 1 is 1.04 bits per heavy atom. The molecule has 0 fully saturated rings. The number of anilines is 1. The van der Waals surface area contributed by atoms with Crippen molar-refractivity contribution in [2.24, 2.45) is 0 Å². The molecule has 0 atom stereocenters. The summed E-state index contributed by atoms with van der Waals surface area (Å²) in [7, 11) is -3.92. The topological polar surface area (TPSA) is 92.3 Å². The molecule has 0 aliphatic rings. The van der Waals surface area contributed by atoms with Gasteiger partial charge in [-0.25, -0.2) is 17.5 Å². The van der Waals surface area contributed by atoms with Gasteiger partial charge in [-0.2, -0.15) is 0 Å². The number of carbonyl (C=O) groups excluding carboxylic acids is 2. The van der Waals surface area contributed by atoms with E-state index < -0.39 is 27.7 Å². The lowest BCUT2D eigenvalue weighted by atomic mass is 10.1. The summed E-state index contributed by atoms with van der Waals surface area (Å²) in [6.07, 6.45) is -0.140. The highest BCUT2D eigenvalue weighted by Gasteiger charge is 2.15. The zero-order valence-corrected chi connectivity index (χ0v) is 13.6. The summed E-state index contributed by atoms with van der Waals surface area (Å²) >= 11 is 0. The van der Waals surface area contributed by atoms with Crippen molar-refractivity contribution in [1.82, 2.24) is 4.72 Å². The molecule has 6 nitrogen and oxygen atoms in total. The first-order chi connectivity index (χ1) is 11.3. The molecule has 0 aliphatic heterocycles. The van der Waals surface area contributed by atoms with Crippen LogP contribution in [0.4, 0.5) is 10.1 Å². The van der Waals surface area contributed by atoms with Crippen LogP contribution in [0.5, 0.6) is 0 Å². The lowest BCUT2D eigenvalue weighted by molar-refractivity contribution is -0.117. The number of benzene rings is 2. The highest BCUT2D eigenvalue weighted by molar-refractivity contribution is 7.90. The molecule has 2 rings (SSSR count). The summed E-state index contributed by atoms with van der Waals surface area (Å²) < 4.78 is 38.9. The number of carbonyl (C=O) groups is 2. The Morgan fingerprint density at radius 3 is 2.25 bits per heavy atom. The van der Waals surface area contributed by atoms with Gasteiger partial charge in [0.05, 0.1) is 11.3 Å². The molecule has 8 heteroatoms. The van der Waals surface area contributed by atoms with Gasteiger partial charge in [0, 0.05) is 12.6 Å². The lowest BCUT2D eigenvalue weighted by Gasteiger charge is -2.08. The molecule has 0 heterocycles. The van der Waals surface area contributed by atoms with Crippen molar-refractivity contribution < 1.29 is 22.4 Å². The molecule has 2 aromatic rings. The third-order valence-corrected chi connectivity index (χ3v) is 4.48. The molecule has 0 aromatic heterocycles. The van der Waals surface area contributed by atoms with Crippen LogP contribution >= 0.6 is 0 Å². The Bertz CT molecular complexity index is 864. The van der Waals surface area contributed by atoms with Gasteiger partial charge in [0.2, 0.25) is 11.8 Å². The predicted molar refractivity (Wildman–Crippen MR) is 86.2 cm³/mol. The first-order valence-corrected chi connectivity index (χ1v) is 8.43. The fraction of sp³-hybridized carbons (Fsp3) is 0.125. The Kier molecular flexibility index (Phi) is 5.30. The fourth-order valence-corrected chi connectivity index (χ4v) is 2.98. The van der Waals surface area contributed by atoms with E-state index in [0.717, 1.165) is 6.92 Å². The minimum Gasteiger partial charge on any atom is -0.326 e. The number of amides is 2. The standard InChI is InChI=1S/C16H15FN2O4S/c1-11(20)19-24(22,23)14-8-6-13(7-9-14)18-16(21)10-12-4-2-3-5-15(12)17/h2-9H,10H2,1H3,(H,18,21)(H,19,20). The van der Waals surface area contributed by atoms with Crippen molar-refractivity contribution in [2.45, 2.75) is 18.2 Å². The van der Waals surface area contributed by atoms with Crippen molar-refractivity contribution in [3.05, 3.63) is 59.9 Å². The van der Waals surface area contributed by atoms with E-state index in [1.807, 2.05) is 4.72 Å². The van der Waals surface area contributed by atoms with Crippen LogP contribution in [-0.2, 0) is 26.0 Å². The molecule has 2 amide bonds. The van der Waals surface area contributed by atoms with E-state index in [-0.39, 0.29) is 16.9 Å². The van der Waals surface area contributed by atoms with Crippen LogP contribution in [0.15, 0.2) is 53.4 Å². The normalized spacial score (nSPS) is 10.9. The third-order valence-electron chi connectivity index (χ3n) is 3.04. The van der Waals surface area contributed by atoms with Crippen molar-refractivity contribution >= 4 is 27.5 Å².